The van der Waals surface area contributed by atoms with Crippen LogP contribution in [0.3, 0.4) is 0 Å². The number of likely N-dealkylation sites (tertiary alicyclic amines) is 1. The van der Waals surface area contributed by atoms with Crippen LogP contribution in [0.4, 0.5) is 0 Å². The van der Waals surface area contributed by atoms with Crippen LogP contribution >= 0.6 is 0 Å². The van der Waals surface area contributed by atoms with Gasteiger partial charge in [-0.2, -0.15) is 4.31 Å². The van der Waals surface area contributed by atoms with E-state index in [-0.39, 0.29) is 28.1 Å². The second kappa shape index (κ2) is 8.90. The summed E-state index contributed by atoms with van der Waals surface area (Å²) >= 11 is 0. The highest BCUT2D eigenvalue weighted by molar-refractivity contribution is 7.89. The highest BCUT2D eigenvalue weighted by Gasteiger charge is 2.40. The molecular weight excluding hydrogens is 430 g/mol. The summed E-state index contributed by atoms with van der Waals surface area (Å²) in [7, 11) is -0.723. The Bertz CT molecular complexity index is 982. The summed E-state index contributed by atoms with van der Waals surface area (Å²) in [6, 6.07) is 4.65. The van der Waals surface area contributed by atoms with Crippen LogP contribution in [0, 0.1) is 5.41 Å². The first-order valence-corrected chi connectivity index (χ1v) is 12.8. The van der Waals surface area contributed by atoms with Gasteiger partial charge in [0.2, 0.25) is 10.0 Å². The van der Waals surface area contributed by atoms with Gasteiger partial charge in [0.15, 0.2) is 5.96 Å². The molecule has 1 aromatic carbocycles. The van der Waals surface area contributed by atoms with Crippen molar-refractivity contribution in [2.75, 3.05) is 33.8 Å². The van der Waals surface area contributed by atoms with Crippen molar-refractivity contribution in [2.45, 2.75) is 61.4 Å². The van der Waals surface area contributed by atoms with Gasteiger partial charge in [0.1, 0.15) is 10.6 Å². The van der Waals surface area contributed by atoms with E-state index in [1.165, 1.54) is 17.5 Å². The van der Waals surface area contributed by atoms with Crippen molar-refractivity contribution in [2.24, 2.45) is 0 Å². The third-order valence-corrected chi connectivity index (χ3v) is 9.09. The van der Waals surface area contributed by atoms with Crippen LogP contribution in [-0.4, -0.2) is 74.9 Å². The average Bonchev–Trinajstić information content (AvgIpc) is 3.18. The summed E-state index contributed by atoms with van der Waals surface area (Å²) in [6.45, 7) is 1.79. The lowest BCUT2D eigenvalue weighted by Gasteiger charge is -2.38. The maximum Gasteiger partial charge on any atom is 0.253 e. The van der Waals surface area contributed by atoms with Crippen molar-refractivity contribution in [1.82, 2.24) is 19.8 Å². The Balaban J connectivity index is 1.54. The number of piperidine rings is 1. The third-order valence-electron chi connectivity index (χ3n) is 7.16. The number of hydrogen-bond donors (Lipinski definition) is 3. The van der Waals surface area contributed by atoms with Gasteiger partial charge in [0.25, 0.3) is 5.91 Å². The van der Waals surface area contributed by atoms with E-state index in [1.807, 2.05) is 0 Å². The van der Waals surface area contributed by atoms with Gasteiger partial charge in [-0.1, -0.05) is 19.3 Å². The molecule has 4 rings (SSSR count). The zero-order valence-corrected chi connectivity index (χ0v) is 19.6. The second-order valence-electron chi connectivity index (χ2n) is 9.10. The molecule has 0 unspecified atom stereocenters. The number of amides is 1. The van der Waals surface area contributed by atoms with Crippen molar-refractivity contribution in [3.8, 4) is 5.75 Å². The Hall–Kier alpha value is -2.33. The minimum Gasteiger partial charge on any atom is -0.495 e. The number of sulfonamides is 1. The molecule has 3 aliphatic rings. The van der Waals surface area contributed by atoms with Crippen molar-refractivity contribution in [1.29, 1.82) is 5.41 Å². The Morgan fingerprint density at radius 3 is 2.50 bits per heavy atom. The molecule has 32 heavy (non-hydrogen) atoms. The summed E-state index contributed by atoms with van der Waals surface area (Å²) in [4.78, 5) is 15.0. The molecule has 176 valence electrons. The maximum absolute atomic E-state index is 13.4. The van der Waals surface area contributed by atoms with E-state index in [0.29, 0.717) is 31.2 Å². The molecule has 1 aliphatic carbocycles. The van der Waals surface area contributed by atoms with Gasteiger partial charge in [-0.3, -0.25) is 10.2 Å². The number of nitrogens with one attached hydrogen (secondary N) is 3. The van der Waals surface area contributed by atoms with Gasteiger partial charge < -0.3 is 20.3 Å². The lowest BCUT2D eigenvalue weighted by atomic mass is 9.88. The van der Waals surface area contributed by atoms with Gasteiger partial charge >= 0.3 is 0 Å². The number of ether oxygens (including phenoxy) is 1. The zero-order valence-electron chi connectivity index (χ0n) is 18.8. The first kappa shape index (κ1) is 22.8. The molecule has 2 saturated heterocycles. The topological polar surface area (TPSA) is 115 Å². The van der Waals surface area contributed by atoms with Crippen LogP contribution in [0.25, 0.3) is 0 Å². The van der Waals surface area contributed by atoms with Crippen LogP contribution < -0.4 is 15.4 Å². The number of carbonyl (C=O) groups excluding carboxylic acids is 1. The van der Waals surface area contributed by atoms with E-state index in [0.717, 1.165) is 44.9 Å². The average molecular weight is 464 g/mol. The first-order valence-electron chi connectivity index (χ1n) is 11.3. The van der Waals surface area contributed by atoms with Crippen molar-refractivity contribution >= 4 is 21.9 Å². The number of nitrogens with zero attached hydrogens (tertiary/aromatic N) is 2. The number of hydrogen-bond acceptors (Lipinski definition) is 5. The van der Waals surface area contributed by atoms with E-state index in [4.69, 9.17) is 10.1 Å². The maximum atomic E-state index is 13.4. The Morgan fingerprint density at radius 2 is 1.91 bits per heavy atom. The molecule has 3 N–H and O–H groups in total. The molecule has 1 spiro atoms. The molecule has 1 amide bonds. The van der Waals surface area contributed by atoms with Gasteiger partial charge in [-0.25, -0.2) is 8.42 Å². The van der Waals surface area contributed by atoms with Crippen LogP contribution in [-0.2, 0) is 10.0 Å². The number of carbonyl (C=O) groups is 1. The van der Waals surface area contributed by atoms with Crippen LogP contribution in [0.15, 0.2) is 23.1 Å². The normalized spacial score (nSPS) is 21.5. The largest absolute Gasteiger partial charge is 0.495 e. The van der Waals surface area contributed by atoms with Crippen LogP contribution in [0.5, 0.6) is 5.75 Å². The van der Waals surface area contributed by atoms with E-state index >= 15 is 0 Å². The minimum atomic E-state index is -3.80. The SMILES string of the molecule is COc1ccc(C(=O)N2CCC3(CC2)CNC(=N)N3)cc1S(=O)(=O)N(C)C1CCCCC1. The molecule has 2 heterocycles. The summed E-state index contributed by atoms with van der Waals surface area (Å²) in [5.41, 5.74) is 0.174. The van der Waals surface area contributed by atoms with Gasteiger partial charge in [0.05, 0.1) is 12.6 Å². The molecule has 1 aromatic rings. The highest BCUT2D eigenvalue weighted by Crippen LogP contribution is 2.32. The quantitative estimate of drug-likeness (QED) is 0.613. The molecule has 2 aliphatic heterocycles. The fourth-order valence-electron chi connectivity index (χ4n) is 5.04. The predicted octanol–water partition coefficient (Wildman–Crippen LogP) is 1.75. The molecule has 0 bridgehead atoms. The van der Waals surface area contributed by atoms with Crippen LogP contribution in [0.1, 0.15) is 55.3 Å². The molecular formula is C22H33N5O4S. The molecule has 0 aromatic heterocycles. The molecule has 10 heteroatoms. The Labute approximate surface area is 190 Å². The predicted molar refractivity (Wildman–Crippen MR) is 122 cm³/mol. The highest BCUT2D eigenvalue weighted by atomic mass is 32.2. The first-order chi connectivity index (χ1) is 15.3. The molecule has 3 fully saturated rings. The fraction of sp³-hybridized carbons (Fsp3) is 0.636. The Morgan fingerprint density at radius 1 is 1.22 bits per heavy atom. The number of guanidine groups is 1. The van der Waals surface area contributed by atoms with Crippen molar-refractivity contribution < 1.29 is 17.9 Å². The number of rotatable bonds is 5. The fourth-order valence-corrected chi connectivity index (χ4v) is 6.64. The second-order valence-corrected chi connectivity index (χ2v) is 11.1. The van der Waals surface area contributed by atoms with Gasteiger partial charge in [-0.15, -0.1) is 0 Å². The monoisotopic (exact) mass is 463 g/mol. The summed E-state index contributed by atoms with van der Waals surface area (Å²) in [5, 5.41) is 13.9. The van der Waals surface area contributed by atoms with E-state index in [2.05, 4.69) is 10.6 Å². The van der Waals surface area contributed by atoms with E-state index in [1.54, 1.807) is 24.1 Å². The van der Waals surface area contributed by atoms with Gasteiger partial charge in [-0.05, 0) is 43.9 Å². The molecule has 9 nitrogen and oxygen atoms in total. The van der Waals surface area contributed by atoms with E-state index in [9.17, 15) is 13.2 Å². The molecule has 1 saturated carbocycles. The summed E-state index contributed by atoms with van der Waals surface area (Å²) in [5.74, 6) is 0.402. The Kier molecular flexibility index (Phi) is 6.35. The molecule has 0 atom stereocenters. The van der Waals surface area contributed by atoms with Crippen molar-refractivity contribution in [3.05, 3.63) is 23.8 Å². The molecule has 0 radical (unpaired) electrons. The number of benzene rings is 1. The summed E-state index contributed by atoms with van der Waals surface area (Å²) in [6.07, 6.45) is 6.38. The smallest absolute Gasteiger partial charge is 0.253 e. The standard InChI is InChI=1S/C22H33N5O4S/c1-26(17-6-4-3-5-7-17)32(29,30)19-14-16(8-9-18(19)31-2)20(28)27-12-10-22(11-13-27)15-24-21(23)25-22/h8-9,14,17H,3-7,10-13,15H2,1-2H3,(H3,23,24,25). The summed E-state index contributed by atoms with van der Waals surface area (Å²) < 4.78 is 33.7. The van der Waals surface area contributed by atoms with Crippen LogP contribution in [0.2, 0.25) is 0 Å². The number of methoxy groups -OCH3 is 1. The third kappa shape index (κ3) is 4.30. The van der Waals surface area contributed by atoms with Gasteiger partial charge in [0, 0.05) is 38.3 Å². The van der Waals surface area contributed by atoms with Crippen molar-refractivity contribution in [3.63, 3.8) is 0 Å². The minimum absolute atomic E-state index is 0.0256. The zero-order chi connectivity index (χ0) is 22.9. The lowest BCUT2D eigenvalue weighted by Crippen LogP contribution is -2.53. The lowest BCUT2D eigenvalue weighted by molar-refractivity contribution is 0.0668. The van der Waals surface area contributed by atoms with E-state index < -0.39 is 10.0 Å².